The quantitative estimate of drug-likeness (QED) is 0.434. The number of rotatable bonds is 6. The maximum Gasteiger partial charge on any atom is 0.259 e. The van der Waals surface area contributed by atoms with Crippen LogP contribution >= 0.6 is 0 Å². The summed E-state index contributed by atoms with van der Waals surface area (Å²) in [6, 6.07) is 2.36. The standard InChI is InChI=1S/C25H25FN6O/c1-15(2)32-10-9-27-24(32)20-5-4-6-23(29-20)30-25(33)18-12-22(16(3)11-19(18)26)31-13-21(28-14-31)17-7-8-17/h4-6,9-15,17H,7-8H2,1-3H3,(H,29,30,33)/i1D3,4D,6D. The average Bonchev–Trinajstić information content (AvgIpc) is 3.37. The molecule has 5 rings (SSSR count). The van der Waals surface area contributed by atoms with Gasteiger partial charge in [0, 0.05) is 34.7 Å². The van der Waals surface area contributed by atoms with E-state index in [1.165, 1.54) is 42.1 Å². The van der Waals surface area contributed by atoms with E-state index < -0.39 is 24.6 Å². The summed E-state index contributed by atoms with van der Waals surface area (Å²) in [7, 11) is 0. The fourth-order valence-corrected chi connectivity index (χ4v) is 3.70. The highest BCUT2D eigenvalue weighted by Gasteiger charge is 2.26. The lowest BCUT2D eigenvalue weighted by molar-refractivity contribution is 0.102. The lowest BCUT2D eigenvalue weighted by atomic mass is 10.1. The maximum absolute atomic E-state index is 14.9. The highest BCUT2D eigenvalue weighted by Crippen LogP contribution is 2.39. The summed E-state index contributed by atoms with van der Waals surface area (Å²) >= 11 is 0. The molecule has 1 aliphatic carbocycles. The van der Waals surface area contributed by atoms with Crippen molar-refractivity contribution in [2.45, 2.75) is 45.5 Å². The Morgan fingerprint density at radius 2 is 2.21 bits per heavy atom. The van der Waals surface area contributed by atoms with Crippen molar-refractivity contribution in [3.05, 3.63) is 77.8 Å². The molecule has 1 aromatic carbocycles. The molecule has 0 saturated heterocycles. The van der Waals surface area contributed by atoms with Crippen LogP contribution in [0.25, 0.3) is 17.2 Å². The van der Waals surface area contributed by atoms with Gasteiger partial charge in [0.05, 0.1) is 26.0 Å². The number of pyridine rings is 1. The summed E-state index contributed by atoms with van der Waals surface area (Å²) in [5.41, 5.74) is 1.99. The van der Waals surface area contributed by atoms with Gasteiger partial charge in [-0.15, -0.1) is 0 Å². The van der Waals surface area contributed by atoms with Crippen LogP contribution in [0.15, 0.2) is 55.2 Å². The van der Waals surface area contributed by atoms with E-state index in [4.69, 9.17) is 6.85 Å². The molecule has 0 spiro atoms. The Morgan fingerprint density at radius 1 is 1.36 bits per heavy atom. The minimum absolute atomic E-state index is 0.0958. The second kappa shape index (κ2) is 8.27. The topological polar surface area (TPSA) is 77.6 Å². The van der Waals surface area contributed by atoms with Gasteiger partial charge in [-0.05, 0) is 63.3 Å². The molecule has 1 saturated carbocycles. The molecule has 1 fully saturated rings. The van der Waals surface area contributed by atoms with Gasteiger partial charge in [0.25, 0.3) is 5.91 Å². The van der Waals surface area contributed by atoms with Crippen LogP contribution in [0.2, 0.25) is 0 Å². The summed E-state index contributed by atoms with van der Waals surface area (Å²) in [5.74, 6) is -1.27. The molecular formula is C25H25FN6O. The predicted molar refractivity (Wildman–Crippen MR) is 124 cm³/mol. The van der Waals surface area contributed by atoms with Crippen LogP contribution in [0.3, 0.4) is 0 Å². The zero-order chi connectivity index (χ0) is 27.4. The van der Waals surface area contributed by atoms with Crippen LogP contribution in [0, 0.1) is 12.7 Å². The number of carbonyl (C=O) groups excluding carboxylic acids is 1. The van der Waals surface area contributed by atoms with E-state index in [0.717, 1.165) is 18.5 Å². The molecule has 0 aliphatic heterocycles. The summed E-state index contributed by atoms with van der Waals surface area (Å²) in [6.45, 7) is 0.923. The molecule has 0 radical (unpaired) electrons. The number of anilines is 1. The number of nitrogens with one attached hydrogen (secondary N) is 1. The maximum atomic E-state index is 14.9. The van der Waals surface area contributed by atoms with Crippen molar-refractivity contribution in [1.29, 1.82) is 0 Å². The highest BCUT2D eigenvalue weighted by atomic mass is 19.1. The molecule has 1 amide bonds. The van der Waals surface area contributed by atoms with Crippen LogP contribution in [0.1, 0.15) is 67.0 Å². The lowest BCUT2D eigenvalue weighted by Crippen LogP contribution is -2.16. The third kappa shape index (κ3) is 4.16. The first-order valence-corrected chi connectivity index (χ1v) is 10.6. The number of carbonyl (C=O) groups is 1. The SMILES string of the molecule is [2H]c1cc(-c2nccn2C(C)C([2H])([2H])[2H])nc(NC(=O)c2cc(-n3cnc(C4CC4)c3)c(C)cc2F)c1[2H]. The molecule has 33 heavy (non-hydrogen) atoms. The van der Waals surface area contributed by atoms with Crippen LogP contribution < -0.4 is 5.32 Å². The Kier molecular flexibility index (Phi) is 3.99. The number of hydrogen-bond donors (Lipinski definition) is 1. The Labute approximate surface area is 198 Å². The first-order chi connectivity index (χ1) is 17.9. The van der Waals surface area contributed by atoms with Gasteiger partial charge >= 0.3 is 0 Å². The molecule has 3 heterocycles. The highest BCUT2D eigenvalue weighted by molar-refractivity contribution is 6.04. The Hall–Kier alpha value is -3.81. The summed E-state index contributed by atoms with van der Waals surface area (Å²) in [5, 5.41) is 2.45. The predicted octanol–water partition coefficient (Wildman–Crippen LogP) is 5.29. The third-order valence-corrected chi connectivity index (χ3v) is 5.59. The molecule has 1 atom stereocenters. The minimum atomic E-state index is -2.32. The molecule has 168 valence electrons. The van der Waals surface area contributed by atoms with Crippen molar-refractivity contribution in [2.75, 3.05) is 5.32 Å². The van der Waals surface area contributed by atoms with E-state index in [1.807, 2.05) is 6.20 Å². The Morgan fingerprint density at radius 3 is 3.00 bits per heavy atom. The minimum Gasteiger partial charge on any atom is -0.327 e. The molecule has 0 bridgehead atoms. The zero-order valence-electron chi connectivity index (χ0n) is 23.1. The number of hydrogen-bond acceptors (Lipinski definition) is 4. The van der Waals surface area contributed by atoms with E-state index in [1.54, 1.807) is 17.8 Å². The fourth-order valence-electron chi connectivity index (χ4n) is 3.70. The Bertz CT molecular complexity index is 1540. The number of imidazole rings is 2. The number of amides is 1. The van der Waals surface area contributed by atoms with Gasteiger partial charge in [-0.25, -0.2) is 19.3 Å². The summed E-state index contributed by atoms with van der Waals surface area (Å²) in [4.78, 5) is 26.0. The van der Waals surface area contributed by atoms with Gasteiger partial charge in [-0.1, -0.05) is 6.04 Å². The van der Waals surface area contributed by atoms with Gasteiger partial charge in [0.2, 0.25) is 0 Å². The first-order valence-electron chi connectivity index (χ1n) is 13.1. The molecule has 1 N–H and O–H groups in total. The van der Waals surface area contributed by atoms with E-state index >= 15 is 0 Å². The van der Waals surface area contributed by atoms with Crippen LogP contribution in [-0.2, 0) is 0 Å². The monoisotopic (exact) mass is 449 g/mol. The molecule has 4 aromatic rings. The van der Waals surface area contributed by atoms with Crippen LogP contribution in [0.5, 0.6) is 0 Å². The normalized spacial score (nSPS) is 16.9. The summed E-state index contributed by atoms with van der Waals surface area (Å²) < 4.78 is 57.7. The molecule has 1 unspecified atom stereocenters. The number of nitrogens with zero attached hydrogens (tertiary/aromatic N) is 5. The van der Waals surface area contributed by atoms with Gasteiger partial charge in [-0.2, -0.15) is 0 Å². The van der Waals surface area contributed by atoms with Crippen molar-refractivity contribution < 1.29 is 16.0 Å². The molecule has 7 nitrogen and oxygen atoms in total. The Balaban J connectivity index is 1.48. The molecule has 1 aliphatic rings. The van der Waals surface area contributed by atoms with Crippen LogP contribution in [-0.4, -0.2) is 30.0 Å². The zero-order valence-corrected chi connectivity index (χ0v) is 18.1. The number of halogens is 1. The van der Waals surface area contributed by atoms with Gasteiger partial charge < -0.3 is 14.5 Å². The first kappa shape index (κ1) is 15.9. The van der Waals surface area contributed by atoms with E-state index in [-0.39, 0.29) is 35.0 Å². The van der Waals surface area contributed by atoms with E-state index in [9.17, 15) is 9.18 Å². The fraction of sp³-hybridized carbons (Fsp3) is 0.280. The number of aryl methyl sites for hydroxylation is 1. The van der Waals surface area contributed by atoms with Crippen molar-refractivity contribution >= 4 is 11.7 Å². The van der Waals surface area contributed by atoms with Gasteiger partial charge in [0.15, 0.2) is 5.82 Å². The van der Waals surface area contributed by atoms with Crippen molar-refractivity contribution in [2.24, 2.45) is 0 Å². The van der Waals surface area contributed by atoms with Crippen molar-refractivity contribution in [3.63, 3.8) is 0 Å². The second-order valence-corrected chi connectivity index (χ2v) is 8.15. The summed E-state index contributed by atoms with van der Waals surface area (Å²) in [6.07, 6.45) is 8.57. The molecular weight excluding hydrogens is 419 g/mol. The third-order valence-electron chi connectivity index (χ3n) is 5.59. The molecule has 8 heteroatoms. The lowest BCUT2D eigenvalue weighted by Gasteiger charge is -2.13. The van der Waals surface area contributed by atoms with Gasteiger partial charge in [-0.3, -0.25) is 4.79 Å². The average molecular weight is 450 g/mol. The van der Waals surface area contributed by atoms with Crippen molar-refractivity contribution in [1.82, 2.24) is 24.1 Å². The number of aromatic nitrogens is 5. The molecule has 3 aromatic heterocycles. The number of benzene rings is 1. The second-order valence-electron chi connectivity index (χ2n) is 8.15. The van der Waals surface area contributed by atoms with Crippen LogP contribution in [0.4, 0.5) is 10.2 Å². The van der Waals surface area contributed by atoms with Crippen molar-refractivity contribution in [3.8, 4) is 17.2 Å². The van der Waals surface area contributed by atoms with Gasteiger partial charge in [0.1, 0.15) is 17.3 Å². The van der Waals surface area contributed by atoms with E-state index in [2.05, 4.69) is 20.3 Å². The smallest absolute Gasteiger partial charge is 0.259 e. The largest absolute Gasteiger partial charge is 0.327 e. The van der Waals surface area contributed by atoms with E-state index in [0.29, 0.717) is 17.2 Å².